The number of hydrogen-bond acceptors (Lipinski definition) is 0. The summed E-state index contributed by atoms with van der Waals surface area (Å²) in [7, 11) is 0. The van der Waals surface area contributed by atoms with Crippen LogP contribution in [0.3, 0.4) is 0 Å². The van der Waals surface area contributed by atoms with Crippen molar-refractivity contribution in [1.82, 2.24) is 0 Å². The van der Waals surface area contributed by atoms with Gasteiger partial charge in [0, 0.05) is 0 Å². The van der Waals surface area contributed by atoms with E-state index < -0.39 is 26.5 Å². The topological polar surface area (TPSA) is 0 Å². The van der Waals surface area contributed by atoms with E-state index in [4.69, 9.17) is 0 Å². The SMILES string of the molecule is [CH3][Ge]([CH3])([CH2]C[CH2][Ge]([CH3])([CH3])[c]1ccccc1)[c]1ccccc1. The van der Waals surface area contributed by atoms with Gasteiger partial charge < -0.3 is 0 Å². The maximum atomic E-state index is 2.57. The molecule has 2 heteroatoms. The Hall–Kier alpha value is -0.474. The summed E-state index contributed by atoms with van der Waals surface area (Å²) < 4.78 is 3.31. The van der Waals surface area contributed by atoms with Gasteiger partial charge in [-0.2, -0.15) is 0 Å². The molecule has 21 heavy (non-hydrogen) atoms. The molecule has 0 bridgehead atoms. The van der Waals surface area contributed by atoms with E-state index in [0.29, 0.717) is 0 Å². The quantitative estimate of drug-likeness (QED) is 0.620. The van der Waals surface area contributed by atoms with Crippen LogP contribution in [0.4, 0.5) is 0 Å². The molecule has 0 saturated carbocycles. The Labute approximate surface area is 135 Å². The van der Waals surface area contributed by atoms with Crippen LogP contribution in [0, 0.1) is 0 Å². The van der Waals surface area contributed by atoms with Crippen molar-refractivity contribution in [2.24, 2.45) is 0 Å². The fourth-order valence-electron chi connectivity index (χ4n) is 3.04. The molecule has 0 unspecified atom stereocenters. The average molecular weight is 402 g/mol. The summed E-state index contributed by atoms with van der Waals surface area (Å²) in [6, 6.07) is 22.5. The molecule has 0 fully saturated rings. The van der Waals surface area contributed by atoms with Crippen LogP contribution in [-0.4, -0.2) is 26.5 Å². The first-order valence-electron chi connectivity index (χ1n) is 8.03. The fourth-order valence-corrected chi connectivity index (χ4v) is 14.9. The van der Waals surface area contributed by atoms with E-state index in [1.807, 2.05) is 0 Å². The molecule has 0 radical (unpaired) electrons. The van der Waals surface area contributed by atoms with Gasteiger partial charge in [-0.05, 0) is 0 Å². The Morgan fingerprint density at radius 2 is 0.905 bits per heavy atom. The normalized spacial score (nSPS) is 12.4. The van der Waals surface area contributed by atoms with E-state index in [0.717, 1.165) is 0 Å². The average Bonchev–Trinajstić information content (AvgIpc) is 2.49. The summed E-state index contributed by atoms with van der Waals surface area (Å²) in [5.74, 6) is 10.3. The van der Waals surface area contributed by atoms with Crippen LogP contribution < -0.4 is 8.79 Å². The summed E-state index contributed by atoms with van der Waals surface area (Å²) in [6.07, 6.45) is 1.42. The molecule has 0 N–H and O–H groups in total. The summed E-state index contributed by atoms with van der Waals surface area (Å²) in [5, 5.41) is 2.93. The van der Waals surface area contributed by atoms with Gasteiger partial charge in [-0.3, -0.25) is 0 Å². The van der Waals surface area contributed by atoms with Gasteiger partial charge >= 0.3 is 136 Å². The van der Waals surface area contributed by atoms with E-state index in [9.17, 15) is 0 Å². The van der Waals surface area contributed by atoms with E-state index in [1.54, 1.807) is 8.79 Å². The Morgan fingerprint density at radius 3 is 1.24 bits per heavy atom. The van der Waals surface area contributed by atoms with Crippen molar-refractivity contribution in [3.05, 3.63) is 60.7 Å². The van der Waals surface area contributed by atoms with Crippen LogP contribution >= 0.6 is 0 Å². The molecule has 0 heterocycles. The van der Waals surface area contributed by atoms with Crippen molar-refractivity contribution in [3.63, 3.8) is 0 Å². The molecule has 0 aromatic heterocycles. The second-order valence-corrected chi connectivity index (χ2v) is 27.7. The third-order valence-electron chi connectivity index (χ3n) is 4.71. The van der Waals surface area contributed by atoms with Crippen molar-refractivity contribution in [2.45, 2.75) is 40.0 Å². The Kier molecular flexibility index (Phi) is 5.78. The van der Waals surface area contributed by atoms with Crippen LogP contribution in [0.5, 0.6) is 0 Å². The van der Waals surface area contributed by atoms with Crippen LogP contribution in [0.25, 0.3) is 0 Å². The van der Waals surface area contributed by atoms with E-state index in [-0.39, 0.29) is 0 Å². The van der Waals surface area contributed by atoms with Crippen molar-refractivity contribution in [3.8, 4) is 0 Å². The predicted molar refractivity (Wildman–Crippen MR) is 101 cm³/mol. The van der Waals surface area contributed by atoms with Crippen molar-refractivity contribution in [2.75, 3.05) is 0 Å². The molecule has 0 amide bonds. The number of benzene rings is 2. The molecule has 0 nitrogen and oxygen atoms in total. The monoisotopic (exact) mass is 404 g/mol. The summed E-state index contributed by atoms with van der Waals surface area (Å²) in [5.41, 5.74) is 0. The molecule has 2 aromatic carbocycles. The second-order valence-electron chi connectivity index (χ2n) is 7.35. The summed E-state index contributed by atoms with van der Waals surface area (Å²) in [6.45, 7) is 0. The van der Waals surface area contributed by atoms with Crippen LogP contribution in [0.2, 0.25) is 33.5 Å². The minimum absolute atomic E-state index is 1.42. The number of rotatable bonds is 6. The van der Waals surface area contributed by atoms with Gasteiger partial charge in [0.2, 0.25) is 0 Å². The van der Waals surface area contributed by atoms with Crippen molar-refractivity contribution in [1.29, 1.82) is 0 Å². The van der Waals surface area contributed by atoms with E-state index in [2.05, 4.69) is 83.7 Å². The predicted octanol–water partition coefficient (Wildman–Crippen LogP) is 4.61. The van der Waals surface area contributed by atoms with Gasteiger partial charge in [0.15, 0.2) is 0 Å². The first kappa shape index (κ1) is 16.9. The van der Waals surface area contributed by atoms with E-state index >= 15 is 0 Å². The molecule has 0 saturated heterocycles. The zero-order valence-electron chi connectivity index (χ0n) is 13.9. The fraction of sp³-hybridized carbons (Fsp3) is 0.368. The third-order valence-corrected chi connectivity index (χ3v) is 19.4. The Morgan fingerprint density at radius 1 is 0.571 bits per heavy atom. The van der Waals surface area contributed by atoms with Crippen molar-refractivity contribution < 1.29 is 0 Å². The molecule has 0 aliphatic rings. The molecular formula is C19H28Ge2. The van der Waals surface area contributed by atoms with Gasteiger partial charge in [0.25, 0.3) is 0 Å². The van der Waals surface area contributed by atoms with Crippen LogP contribution in [0.1, 0.15) is 6.42 Å². The zero-order chi connectivity index (χ0) is 15.3. The standard InChI is InChI=1S/C19H28Ge2/c1-20(2,18-12-7-5-8-13-18)16-11-17-21(3,4)19-14-9-6-10-15-19/h5-10,12-15H,11,16-17H2,1-4H3. The Balaban J connectivity index is 1.95. The number of hydrogen-bond donors (Lipinski definition) is 0. The van der Waals surface area contributed by atoms with Gasteiger partial charge in [-0.15, -0.1) is 0 Å². The molecular weight excluding hydrogens is 373 g/mol. The maximum absolute atomic E-state index is 2.57. The molecule has 0 aliphatic carbocycles. The minimum atomic E-state index is -1.79. The molecule has 0 atom stereocenters. The van der Waals surface area contributed by atoms with E-state index in [1.165, 1.54) is 16.9 Å². The summed E-state index contributed by atoms with van der Waals surface area (Å²) in [4.78, 5) is 0. The van der Waals surface area contributed by atoms with Gasteiger partial charge in [0.05, 0.1) is 0 Å². The molecule has 2 aromatic rings. The van der Waals surface area contributed by atoms with Crippen LogP contribution in [0.15, 0.2) is 60.7 Å². The summed E-state index contributed by atoms with van der Waals surface area (Å²) >= 11 is -3.58. The molecule has 0 spiro atoms. The zero-order valence-corrected chi connectivity index (χ0v) is 18.1. The van der Waals surface area contributed by atoms with Crippen LogP contribution in [-0.2, 0) is 0 Å². The van der Waals surface area contributed by atoms with Gasteiger partial charge in [-0.1, -0.05) is 0 Å². The van der Waals surface area contributed by atoms with Gasteiger partial charge in [0.1, 0.15) is 0 Å². The van der Waals surface area contributed by atoms with Gasteiger partial charge in [-0.25, -0.2) is 0 Å². The molecule has 0 aliphatic heterocycles. The first-order valence-corrected chi connectivity index (χ1v) is 21.5. The second kappa shape index (κ2) is 7.19. The molecule has 112 valence electrons. The first-order chi connectivity index (χ1) is 9.92. The van der Waals surface area contributed by atoms with Crippen molar-refractivity contribution >= 4 is 35.3 Å². The Bertz CT molecular complexity index is 493. The third kappa shape index (κ3) is 4.75. The molecule has 2 rings (SSSR count).